The number of benzene rings is 1. The van der Waals surface area contributed by atoms with Gasteiger partial charge in [0.15, 0.2) is 0 Å². The van der Waals surface area contributed by atoms with Crippen molar-refractivity contribution in [1.29, 1.82) is 0 Å². The van der Waals surface area contributed by atoms with Gasteiger partial charge in [0.25, 0.3) is 0 Å². The second kappa shape index (κ2) is 6.57. The summed E-state index contributed by atoms with van der Waals surface area (Å²) in [5.41, 5.74) is 5.51. The lowest BCUT2D eigenvalue weighted by Gasteiger charge is -2.30. The van der Waals surface area contributed by atoms with Crippen molar-refractivity contribution in [3.05, 3.63) is 55.9 Å². The molecule has 2 atom stereocenters. The smallest absolute Gasteiger partial charge is 0.137 e. The third-order valence-corrected chi connectivity index (χ3v) is 5.84. The summed E-state index contributed by atoms with van der Waals surface area (Å²) >= 11 is 5.09. The minimum absolute atomic E-state index is 0.177. The monoisotopic (exact) mass is 368 g/mol. The number of hydrazine groups is 1. The first-order chi connectivity index (χ1) is 10.2. The van der Waals surface area contributed by atoms with Gasteiger partial charge in [0.1, 0.15) is 5.82 Å². The standard InChI is InChI=1S/C16H18BrFN2S/c17-13-8-10(4-5-14(13)18)9-15(20-19)11-2-1-3-16-12(11)6-7-21-16/h4-8,11,15,20H,1-3,9,19H2. The van der Waals surface area contributed by atoms with Crippen LogP contribution in [0.2, 0.25) is 0 Å². The molecule has 21 heavy (non-hydrogen) atoms. The molecule has 0 saturated heterocycles. The zero-order chi connectivity index (χ0) is 14.8. The molecule has 0 spiro atoms. The van der Waals surface area contributed by atoms with E-state index < -0.39 is 0 Å². The molecule has 5 heteroatoms. The van der Waals surface area contributed by atoms with E-state index in [1.165, 1.54) is 29.3 Å². The molecule has 2 unspecified atom stereocenters. The molecule has 0 radical (unpaired) electrons. The Labute approximate surface area is 136 Å². The molecule has 1 aromatic heterocycles. The van der Waals surface area contributed by atoms with E-state index in [9.17, 15) is 4.39 Å². The van der Waals surface area contributed by atoms with Crippen LogP contribution in [0.5, 0.6) is 0 Å². The summed E-state index contributed by atoms with van der Waals surface area (Å²) in [7, 11) is 0. The normalized spacial score (nSPS) is 19.3. The van der Waals surface area contributed by atoms with Crippen LogP contribution in [0.1, 0.15) is 34.8 Å². The van der Waals surface area contributed by atoms with E-state index in [0.717, 1.165) is 18.4 Å². The van der Waals surface area contributed by atoms with Crippen LogP contribution < -0.4 is 11.3 Å². The summed E-state index contributed by atoms with van der Waals surface area (Å²) in [6.07, 6.45) is 4.35. The Morgan fingerprint density at radius 1 is 1.43 bits per heavy atom. The van der Waals surface area contributed by atoms with E-state index in [2.05, 4.69) is 32.8 Å². The number of fused-ring (bicyclic) bond motifs is 1. The first kappa shape index (κ1) is 15.2. The van der Waals surface area contributed by atoms with E-state index in [-0.39, 0.29) is 11.9 Å². The summed E-state index contributed by atoms with van der Waals surface area (Å²) in [5.74, 6) is 6.02. The van der Waals surface area contributed by atoms with Gasteiger partial charge >= 0.3 is 0 Å². The molecule has 1 aliphatic carbocycles. The molecule has 1 aliphatic rings. The fourth-order valence-electron chi connectivity index (χ4n) is 3.18. The molecule has 3 rings (SSSR count). The quantitative estimate of drug-likeness (QED) is 0.628. The Kier molecular flexibility index (Phi) is 4.74. The molecular weight excluding hydrogens is 351 g/mol. The molecule has 2 nitrogen and oxygen atoms in total. The van der Waals surface area contributed by atoms with Crippen LogP contribution >= 0.6 is 27.3 Å². The van der Waals surface area contributed by atoms with Gasteiger partial charge in [0.2, 0.25) is 0 Å². The van der Waals surface area contributed by atoms with Crippen LogP contribution in [0, 0.1) is 5.82 Å². The van der Waals surface area contributed by atoms with E-state index in [0.29, 0.717) is 10.4 Å². The Balaban J connectivity index is 1.81. The minimum atomic E-state index is -0.228. The second-order valence-corrected chi connectivity index (χ2v) is 7.38. The van der Waals surface area contributed by atoms with Crippen molar-refractivity contribution in [2.24, 2.45) is 5.84 Å². The Morgan fingerprint density at radius 2 is 2.29 bits per heavy atom. The SMILES string of the molecule is NNC(Cc1ccc(F)c(Br)c1)C1CCCc2sccc21. The fourth-order valence-corrected chi connectivity index (χ4v) is 4.60. The van der Waals surface area contributed by atoms with Crippen LogP contribution in [-0.2, 0) is 12.8 Å². The van der Waals surface area contributed by atoms with Gasteiger partial charge in [-0.3, -0.25) is 11.3 Å². The molecule has 1 aromatic carbocycles. The van der Waals surface area contributed by atoms with Crippen molar-refractivity contribution in [2.45, 2.75) is 37.6 Å². The maximum atomic E-state index is 13.3. The Hall–Kier alpha value is -0.750. The van der Waals surface area contributed by atoms with E-state index in [4.69, 9.17) is 5.84 Å². The maximum absolute atomic E-state index is 13.3. The first-order valence-corrected chi connectivity index (χ1v) is 8.82. The molecule has 0 fully saturated rings. The molecule has 0 saturated carbocycles. The van der Waals surface area contributed by atoms with Crippen LogP contribution in [0.15, 0.2) is 34.1 Å². The Bertz CT molecular complexity index is 628. The summed E-state index contributed by atoms with van der Waals surface area (Å²) in [6.45, 7) is 0. The van der Waals surface area contributed by atoms with Gasteiger partial charge in [-0.05, 0) is 76.3 Å². The summed E-state index contributed by atoms with van der Waals surface area (Å²) in [6, 6.07) is 7.59. The molecule has 0 amide bonds. The van der Waals surface area contributed by atoms with Crippen LogP contribution in [0.3, 0.4) is 0 Å². The molecule has 112 valence electrons. The number of nitrogens with two attached hydrogens (primary N) is 1. The van der Waals surface area contributed by atoms with E-state index in [1.54, 1.807) is 0 Å². The average Bonchev–Trinajstić information content (AvgIpc) is 2.97. The van der Waals surface area contributed by atoms with Crippen molar-refractivity contribution >= 4 is 27.3 Å². The zero-order valence-electron chi connectivity index (χ0n) is 11.6. The number of hydrogen-bond acceptors (Lipinski definition) is 3. The van der Waals surface area contributed by atoms with Crippen molar-refractivity contribution in [3.63, 3.8) is 0 Å². The highest BCUT2D eigenvalue weighted by Crippen LogP contribution is 2.37. The highest BCUT2D eigenvalue weighted by Gasteiger charge is 2.28. The van der Waals surface area contributed by atoms with Crippen LogP contribution in [0.4, 0.5) is 4.39 Å². The summed E-state index contributed by atoms with van der Waals surface area (Å²) < 4.78 is 13.9. The number of thiophene rings is 1. The summed E-state index contributed by atoms with van der Waals surface area (Å²) in [4.78, 5) is 1.49. The molecule has 1 heterocycles. The number of hydrogen-bond donors (Lipinski definition) is 2. The van der Waals surface area contributed by atoms with Crippen molar-refractivity contribution in [1.82, 2.24) is 5.43 Å². The zero-order valence-corrected chi connectivity index (χ0v) is 14.0. The van der Waals surface area contributed by atoms with Gasteiger partial charge in [-0.25, -0.2) is 4.39 Å². The van der Waals surface area contributed by atoms with Crippen LogP contribution in [-0.4, -0.2) is 6.04 Å². The van der Waals surface area contributed by atoms with Gasteiger partial charge < -0.3 is 0 Å². The lowest BCUT2D eigenvalue weighted by Crippen LogP contribution is -2.42. The predicted octanol–water partition coefficient (Wildman–Crippen LogP) is 4.14. The minimum Gasteiger partial charge on any atom is -0.271 e. The third kappa shape index (κ3) is 3.21. The van der Waals surface area contributed by atoms with Gasteiger partial charge in [-0.1, -0.05) is 6.07 Å². The van der Waals surface area contributed by atoms with Crippen molar-refractivity contribution < 1.29 is 4.39 Å². The maximum Gasteiger partial charge on any atom is 0.137 e. The lowest BCUT2D eigenvalue weighted by molar-refractivity contribution is 0.397. The molecule has 0 bridgehead atoms. The third-order valence-electron chi connectivity index (χ3n) is 4.24. The van der Waals surface area contributed by atoms with Crippen LogP contribution in [0.25, 0.3) is 0 Å². The average molecular weight is 369 g/mol. The number of halogens is 2. The topological polar surface area (TPSA) is 38.0 Å². The van der Waals surface area contributed by atoms with Gasteiger partial charge in [0.05, 0.1) is 4.47 Å². The van der Waals surface area contributed by atoms with Gasteiger partial charge in [0, 0.05) is 16.8 Å². The molecule has 0 aliphatic heterocycles. The van der Waals surface area contributed by atoms with Gasteiger partial charge in [-0.15, -0.1) is 11.3 Å². The Morgan fingerprint density at radius 3 is 3.05 bits per heavy atom. The highest BCUT2D eigenvalue weighted by molar-refractivity contribution is 9.10. The van der Waals surface area contributed by atoms with Gasteiger partial charge in [-0.2, -0.15) is 0 Å². The highest BCUT2D eigenvalue weighted by atomic mass is 79.9. The van der Waals surface area contributed by atoms with Crippen molar-refractivity contribution in [2.75, 3.05) is 0 Å². The second-order valence-electron chi connectivity index (χ2n) is 5.52. The lowest BCUT2D eigenvalue weighted by atomic mass is 9.80. The predicted molar refractivity (Wildman–Crippen MR) is 88.9 cm³/mol. The molecule has 3 N–H and O–H groups in total. The molecular formula is C16H18BrFN2S. The number of rotatable bonds is 4. The first-order valence-electron chi connectivity index (χ1n) is 7.15. The molecule has 2 aromatic rings. The van der Waals surface area contributed by atoms with E-state index in [1.807, 2.05) is 23.5 Å². The largest absolute Gasteiger partial charge is 0.271 e. The van der Waals surface area contributed by atoms with Crippen molar-refractivity contribution in [3.8, 4) is 0 Å². The number of aryl methyl sites for hydroxylation is 1. The summed E-state index contributed by atoms with van der Waals surface area (Å²) in [5, 5.41) is 2.17. The van der Waals surface area contributed by atoms with E-state index >= 15 is 0 Å². The fraction of sp³-hybridized carbons (Fsp3) is 0.375. The number of nitrogens with one attached hydrogen (secondary N) is 1.